The van der Waals surface area contributed by atoms with E-state index in [0.29, 0.717) is 13.0 Å². The van der Waals surface area contributed by atoms with Gasteiger partial charge in [-0.15, -0.1) is 0 Å². The van der Waals surface area contributed by atoms with Crippen molar-refractivity contribution in [2.45, 2.75) is 32.2 Å². The van der Waals surface area contributed by atoms with Gasteiger partial charge in [0.1, 0.15) is 0 Å². The molecule has 2 atom stereocenters. The van der Waals surface area contributed by atoms with Crippen LogP contribution >= 0.6 is 0 Å². The number of pyridine rings is 1. The third kappa shape index (κ3) is 4.64. The number of hydrogen-bond donors (Lipinski definition) is 1. The van der Waals surface area contributed by atoms with E-state index in [0.717, 1.165) is 24.0 Å². The second-order valence-corrected chi connectivity index (χ2v) is 6.79. The predicted molar refractivity (Wildman–Crippen MR) is 103 cm³/mol. The van der Waals surface area contributed by atoms with Gasteiger partial charge in [0, 0.05) is 43.4 Å². The number of hydrogen-bond acceptors (Lipinski definition) is 4. The van der Waals surface area contributed by atoms with Crippen LogP contribution < -0.4 is 10.1 Å². The summed E-state index contributed by atoms with van der Waals surface area (Å²) in [7, 11) is 1.71. The number of carbonyl (C=O) groups is 2. The van der Waals surface area contributed by atoms with Crippen molar-refractivity contribution in [3.05, 3.63) is 48.7 Å². The Kier molecular flexibility index (Phi) is 6.06. The van der Waals surface area contributed by atoms with Crippen LogP contribution in [0.4, 0.5) is 4.79 Å². The van der Waals surface area contributed by atoms with E-state index in [1.807, 2.05) is 43.3 Å². The number of nitrogens with zero attached hydrogens (tertiary/aromatic N) is 2. The summed E-state index contributed by atoms with van der Waals surface area (Å²) in [5.41, 5.74) is 2.02. The molecule has 0 radical (unpaired) electrons. The second kappa shape index (κ2) is 8.66. The number of nitrogens with one attached hydrogen (secondary N) is 1. The summed E-state index contributed by atoms with van der Waals surface area (Å²) in [5.74, 6) is 0.304. The molecule has 2 aromatic rings. The highest BCUT2D eigenvalue weighted by molar-refractivity contribution is 5.79. The highest BCUT2D eigenvalue weighted by Crippen LogP contribution is 2.29. The van der Waals surface area contributed by atoms with Crippen molar-refractivity contribution in [1.82, 2.24) is 15.2 Å². The van der Waals surface area contributed by atoms with E-state index in [1.54, 1.807) is 24.2 Å². The summed E-state index contributed by atoms with van der Waals surface area (Å²) >= 11 is 0. The molecule has 1 aliphatic carbocycles. The van der Waals surface area contributed by atoms with Gasteiger partial charge in [-0.3, -0.25) is 4.79 Å². The molecule has 0 saturated heterocycles. The molecule has 27 heavy (non-hydrogen) atoms. The van der Waals surface area contributed by atoms with Gasteiger partial charge in [-0.05, 0) is 37.8 Å². The molecule has 6 heteroatoms. The molecular weight excluding hydrogens is 342 g/mol. The van der Waals surface area contributed by atoms with Crippen LogP contribution in [0, 0.1) is 5.92 Å². The molecule has 1 saturated carbocycles. The molecule has 6 nitrogen and oxygen atoms in total. The number of benzene rings is 1. The molecule has 1 fully saturated rings. The Morgan fingerprint density at radius 3 is 2.59 bits per heavy atom. The van der Waals surface area contributed by atoms with Crippen LogP contribution in [-0.4, -0.2) is 41.5 Å². The van der Waals surface area contributed by atoms with Crippen LogP contribution in [0.1, 0.15) is 26.2 Å². The number of rotatable bonds is 5. The number of amides is 2. The molecule has 0 unspecified atom stereocenters. The Labute approximate surface area is 159 Å². The predicted octanol–water partition coefficient (Wildman–Crippen LogP) is 3.48. The lowest BCUT2D eigenvalue weighted by molar-refractivity contribution is -0.124. The molecule has 1 aliphatic rings. The first-order valence-electron chi connectivity index (χ1n) is 9.32. The number of ether oxygens (including phenoxy) is 1. The van der Waals surface area contributed by atoms with Gasteiger partial charge in [0.05, 0.1) is 0 Å². The topological polar surface area (TPSA) is 71.5 Å². The fraction of sp³-hybridized carbons (Fsp3) is 0.381. The Hall–Kier alpha value is -2.89. The lowest BCUT2D eigenvalue weighted by Crippen LogP contribution is -2.38. The van der Waals surface area contributed by atoms with Crippen LogP contribution in [0.2, 0.25) is 0 Å². The zero-order valence-electron chi connectivity index (χ0n) is 15.7. The van der Waals surface area contributed by atoms with Gasteiger partial charge < -0.3 is 15.0 Å². The monoisotopic (exact) mass is 367 g/mol. The van der Waals surface area contributed by atoms with Gasteiger partial charge >= 0.3 is 6.09 Å². The van der Waals surface area contributed by atoms with Gasteiger partial charge in [-0.2, -0.15) is 0 Å². The number of carbonyl (C=O) groups excluding carboxylic acids is 2. The van der Waals surface area contributed by atoms with E-state index < -0.39 is 6.09 Å². The van der Waals surface area contributed by atoms with E-state index >= 15 is 0 Å². The molecule has 1 aromatic carbocycles. The first-order chi connectivity index (χ1) is 13.1. The van der Waals surface area contributed by atoms with Crippen molar-refractivity contribution in [3.8, 4) is 17.0 Å². The molecule has 0 spiro atoms. The van der Waals surface area contributed by atoms with Crippen molar-refractivity contribution in [2.24, 2.45) is 5.92 Å². The fourth-order valence-corrected chi connectivity index (χ4v) is 3.42. The first kappa shape index (κ1) is 18.9. The van der Waals surface area contributed by atoms with Crippen LogP contribution in [-0.2, 0) is 4.79 Å². The maximum atomic E-state index is 12.4. The normalized spacial score (nSPS) is 18.7. The summed E-state index contributed by atoms with van der Waals surface area (Å²) in [4.78, 5) is 30.2. The van der Waals surface area contributed by atoms with Crippen molar-refractivity contribution >= 4 is 12.0 Å². The lowest BCUT2D eigenvalue weighted by atomic mass is 10.1. The minimum atomic E-state index is -0.448. The fourth-order valence-electron chi connectivity index (χ4n) is 3.42. The Balaban J connectivity index is 1.56. The van der Waals surface area contributed by atoms with Crippen LogP contribution in [0.5, 0.6) is 5.88 Å². The molecule has 142 valence electrons. The Morgan fingerprint density at radius 1 is 1.15 bits per heavy atom. The van der Waals surface area contributed by atoms with Gasteiger partial charge in [0.2, 0.25) is 11.8 Å². The molecule has 3 rings (SSSR count). The minimum Gasteiger partial charge on any atom is -0.391 e. The highest BCUT2D eigenvalue weighted by atomic mass is 16.6. The van der Waals surface area contributed by atoms with Crippen molar-refractivity contribution < 1.29 is 14.3 Å². The SMILES string of the molecule is CCNC(=O)[C@H]1CC[C@@H](N(C)C(=O)Oc2ccc(-c3ccccc3)cn2)C1. The summed E-state index contributed by atoms with van der Waals surface area (Å²) < 4.78 is 5.40. The van der Waals surface area contributed by atoms with Gasteiger partial charge in [0.15, 0.2) is 0 Å². The van der Waals surface area contributed by atoms with E-state index in [2.05, 4.69) is 10.3 Å². The van der Waals surface area contributed by atoms with Crippen molar-refractivity contribution in [2.75, 3.05) is 13.6 Å². The second-order valence-electron chi connectivity index (χ2n) is 6.79. The Morgan fingerprint density at radius 2 is 1.93 bits per heavy atom. The zero-order chi connectivity index (χ0) is 19.2. The van der Waals surface area contributed by atoms with Crippen molar-refractivity contribution in [3.63, 3.8) is 0 Å². The molecule has 1 heterocycles. The average molecular weight is 367 g/mol. The first-order valence-corrected chi connectivity index (χ1v) is 9.32. The minimum absolute atomic E-state index is 0.00805. The van der Waals surface area contributed by atoms with Crippen LogP contribution in [0.3, 0.4) is 0 Å². The standard InChI is InChI=1S/C21H25N3O3/c1-3-22-20(25)16-9-11-18(13-16)24(2)21(26)27-19-12-10-17(14-23-19)15-7-5-4-6-8-15/h4-8,10,12,14,16,18H,3,9,11,13H2,1-2H3,(H,22,25)/t16-,18+/m0/s1. The largest absolute Gasteiger partial charge is 0.416 e. The van der Waals surface area contributed by atoms with Crippen molar-refractivity contribution in [1.29, 1.82) is 0 Å². The van der Waals surface area contributed by atoms with Gasteiger partial charge in [0.25, 0.3) is 0 Å². The summed E-state index contributed by atoms with van der Waals surface area (Å²) in [6, 6.07) is 13.5. The summed E-state index contributed by atoms with van der Waals surface area (Å²) in [5, 5.41) is 2.85. The summed E-state index contributed by atoms with van der Waals surface area (Å²) in [6.45, 7) is 2.53. The third-order valence-electron chi connectivity index (χ3n) is 5.00. The van der Waals surface area contributed by atoms with Gasteiger partial charge in [-0.25, -0.2) is 9.78 Å². The average Bonchev–Trinajstić information content (AvgIpc) is 3.19. The van der Waals surface area contributed by atoms with E-state index in [-0.39, 0.29) is 23.7 Å². The molecule has 0 aliphatic heterocycles. The quantitative estimate of drug-likeness (QED) is 0.878. The molecule has 0 bridgehead atoms. The molecule has 1 aromatic heterocycles. The van der Waals surface area contributed by atoms with Gasteiger partial charge in [-0.1, -0.05) is 30.3 Å². The van der Waals surface area contributed by atoms with E-state index in [4.69, 9.17) is 4.74 Å². The van der Waals surface area contributed by atoms with Crippen LogP contribution in [0.25, 0.3) is 11.1 Å². The Bertz CT molecular complexity index is 777. The zero-order valence-corrected chi connectivity index (χ0v) is 15.7. The smallest absolute Gasteiger partial charge is 0.391 e. The third-order valence-corrected chi connectivity index (χ3v) is 5.00. The molecule has 1 N–H and O–H groups in total. The van der Waals surface area contributed by atoms with E-state index in [9.17, 15) is 9.59 Å². The van der Waals surface area contributed by atoms with E-state index in [1.165, 1.54) is 0 Å². The maximum Gasteiger partial charge on any atom is 0.416 e. The lowest BCUT2D eigenvalue weighted by Gasteiger charge is -2.23. The maximum absolute atomic E-state index is 12.4. The highest BCUT2D eigenvalue weighted by Gasteiger charge is 2.34. The van der Waals surface area contributed by atoms with Crippen LogP contribution in [0.15, 0.2) is 48.7 Å². The molecular formula is C21H25N3O3. The molecule has 2 amide bonds. The summed E-state index contributed by atoms with van der Waals surface area (Å²) in [6.07, 6.45) is 3.50. The number of aromatic nitrogens is 1.